The Morgan fingerprint density at radius 3 is 2.29 bits per heavy atom. The van der Waals surface area contributed by atoms with Gasteiger partial charge in [-0.05, 0) is 18.2 Å². The predicted octanol–water partition coefficient (Wildman–Crippen LogP) is 0.183. The van der Waals surface area contributed by atoms with Crippen molar-refractivity contribution >= 4 is 29.4 Å². The van der Waals surface area contributed by atoms with Crippen molar-refractivity contribution in [1.82, 2.24) is 5.48 Å². The van der Waals surface area contributed by atoms with E-state index in [1.807, 2.05) is 5.48 Å². The number of rotatable bonds is 3. The van der Waals surface area contributed by atoms with E-state index in [-0.39, 0.29) is 5.69 Å². The van der Waals surface area contributed by atoms with Gasteiger partial charge in [-0.1, -0.05) is 6.07 Å². The molecule has 0 saturated carbocycles. The van der Waals surface area contributed by atoms with Crippen LogP contribution in [0.3, 0.4) is 0 Å². The molecule has 1 N–H and O–H groups in total. The lowest BCUT2D eigenvalue weighted by Gasteiger charge is -2.26. The minimum Gasteiger partial charge on any atom is -0.467 e. The van der Waals surface area contributed by atoms with Crippen molar-refractivity contribution in [3.8, 4) is 0 Å². The Morgan fingerprint density at radius 1 is 1.14 bits per heavy atom. The van der Waals surface area contributed by atoms with Gasteiger partial charge in [0.1, 0.15) is 5.92 Å². The summed E-state index contributed by atoms with van der Waals surface area (Å²) in [4.78, 5) is 55.5. The van der Waals surface area contributed by atoms with Crippen LogP contribution in [0, 0.1) is 5.92 Å². The van der Waals surface area contributed by atoms with E-state index in [2.05, 4.69) is 9.47 Å². The number of hydrogen-bond donors (Lipinski definition) is 1. The van der Waals surface area contributed by atoms with Crippen molar-refractivity contribution in [2.24, 2.45) is 5.92 Å². The van der Waals surface area contributed by atoms with Gasteiger partial charge >= 0.3 is 18.1 Å². The molecule has 2 atom stereocenters. The molecule has 0 spiro atoms. The number of imide groups is 1. The molecule has 2 heterocycles. The highest BCUT2D eigenvalue weighted by Crippen LogP contribution is 2.41. The molecule has 0 aliphatic carbocycles. The molecule has 150 valence electrons. The molecule has 2 fully saturated rings. The van der Waals surface area contributed by atoms with Gasteiger partial charge in [-0.3, -0.25) is 14.4 Å². The highest BCUT2D eigenvalue weighted by molar-refractivity contribution is 6.27. The van der Waals surface area contributed by atoms with Gasteiger partial charge in [-0.15, -0.1) is 0 Å². The maximum absolute atomic E-state index is 13.0. The maximum Gasteiger partial charge on any atom is 0.416 e. The first-order valence-corrected chi connectivity index (χ1v) is 7.74. The van der Waals surface area contributed by atoms with Crippen molar-refractivity contribution in [2.45, 2.75) is 17.8 Å². The van der Waals surface area contributed by atoms with Crippen LogP contribution >= 0.6 is 0 Å². The summed E-state index contributed by atoms with van der Waals surface area (Å²) in [5.74, 6) is -6.39. The number of halogens is 3. The molecule has 2 aliphatic heterocycles. The molecule has 1 aromatic carbocycles. The average Bonchev–Trinajstić information content (AvgIpc) is 3.18. The summed E-state index contributed by atoms with van der Waals surface area (Å²) in [6.45, 7) is 0. The summed E-state index contributed by atoms with van der Waals surface area (Å²) in [5, 5.41) is 0. The lowest BCUT2D eigenvalue weighted by Crippen LogP contribution is -2.61. The highest BCUT2D eigenvalue weighted by atomic mass is 19.4. The topological polar surface area (TPSA) is 111 Å². The third-order valence-corrected chi connectivity index (χ3v) is 4.51. The zero-order valence-corrected chi connectivity index (χ0v) is 14.4. The maximum atomic E-state index is 13.0. The van der Waals surface area contributed by atoms with Gasteiger partial charge in [-0.2, -0.15) is 18.7 Å². The van der Waals surface area contributed by atoms with E-state index in [0.29, 0.717) is 11.0 Å². The molecule has 2 amide bonds. The summed E-state index contributed by atoms with van der Waals surface area (Å²) in [7, 11) is 1.88. The first kappa shape index (κ1) is 19.8. The number of fused-ring (bicyclic) bond motifs is 1. The number of hydrogen-bond acceptors (Lipinski definition) is 8. The van der Waals surface area contributed by atoms with Gasteiger partial charge in [0, 0.05) is 0 Å². The molecule has 0 aromatic heterocycles. The zero-order valence-electron chi connectivity index (χ0n) is 14.4. The molecule has 2 aliphatic rings. The van der Waals surface area contributed by atoms with E-state index in [1.54, 1.807) is 0 Å². The minimum absolute atomic E-state index is 0.383. The second-order valence-corrected chi connectivity index (χ2v) is 5.97. The van der Waals surface area contributed by atoms with Crippen molar-refractivity contribution < 1.29 is 46.7 Å². The number of hydroxylamine groups is 1. The van der Waals surface area contributed by atoms with E-state index in [9.17, 15) is 32.3 Å². The van der Waals surface area contributed by atoms with E-state index in [0.717, 1.165) is 32.4 Å². The van der Waals surface area contributed by atoms with Crippen molar-refractivity contribution in [1.29, 1.82) is 0 Å². The van der Waals surface area contributed by atoms with Crippen LogP contribution in [-0.2, 0) is 39.7 Å². The Labute approximate surface area is 155 Å². The smallest absolute Gasteiger partial charge is 0.416 e. The number of carbonyl (C=O) groups is 4. The van der Waals surface area contributed by atoms with E-state index >= 15 is 0 Å². The number of benzene rings is 1. The normalized spacial score (nSPS) is 23.5. The van der Waals surface area contributed by atoms with Crippen LogP contribution < -0.4 is 10.4 Å². The van der Waals surface area contributed by atoms with Gasteiger partial charge in [-0.25, -0.2) is 14.5 Å². The summed E-state index contributed by atoms with van der Waals surface area (Å²) in [5.41, 5.74) is -1.90. The number of nitrogens with zero attached hydrogens (tertiary/aromatic N) is 1. The Hall–Kier alpha value is -2.99. The lowest BCUT2D eigenvalue weighted by atomic mass is 9.82. The standard InChI is InChI=1S/C16H13F3N2O7/c1-26-13(24)15(14(25)27-2)9-10(28-20-15)12(23)21(11(9)22)8-5-3-4-7(6-8)16(17,18)19/h3-6,9-10,20H,1-2H3/t9-,10-/m0/s1. The van der Waals surface area contributed by atoms with Crippen LogP contribution in [0.5, 0.6) is 0 Å². The van der Waals surface area contributed by atoms with Crippen molar-refractivity contribution in [3.05, 3.63) is 29.8 Å². The number of methoxy groups -OCH3 is 2. The monoisotopic (exact) mass is 402 g/mol. The number of alkyl halides is 3. The zero-order chi connectivity index (χ0) is 20.9. The molecule has 2 saturated heterocycles. The molecule has 0 unspecified atom stereocenters. The quantitative estimate of drug-likeness (QED) is 0.433. The number of esters is 2. The molecular weight excluding hydrogens is 389 g/mol. The Bertz CT molecular complexity index is 854. The molecule has 28 heavy (non-hydrogen) atoms. The second-order valence-electron chi connectivity index (χ2n) is 5.97. The molecule has 9 nitrogen and oxygen atoms in total. The predicted molar refractivity (Wildman–Crippen MR) is 82.2 cm³/mol. The van der Waals surface area contributed by atoms with Gasteiger partial charge in [0.15, 0.2) is 6.10 Å². The van der Waals surface area contributed by atoms with Gasteiger partial charge < -0.3 is 9.47 Å². The van der Waals surface area contributed by atoms with Crippen LogP contribution in [0.1, 0.15) is 5.56 Å². The van der Waals surface area contributed by atoms with Crippen molar-refractivity contribution in [2.75, 3.05) is 19.1 Å². The number of carbonyl (C=O) groups excluding carboxylic acids is 4. The fraction of sp³-hybridized carbons (Fsp3) is 0.375. The number of amides is 2. The molecule has 3 rings (SSSR count). The van der Waals surface area contributed by atoms with Crippen LogP contribution in [0.15, 0.2) is 24.3 Å². The Balaban J connectivity index is 2.07. The number of ether oxygens (including phenoxy) is 2. The SMILES string of the molecule is COC(=O)C1(C(=O)OC)NO[C@@H]2C(=O)N(c3cccc(C(F)(F)F)c3)C(=O)[C@H]21. The Kier molecular flexibility index (Phi) is 4.63. The van der Waals surface area contributed by atoms with Gasteiger partial charge in [0.2, 0.25) is 5.91 Å². The molecular formula is C16H13F3N2O7. The van der Waals surface area contributed by atoms with Crippen LogP contribution in [0.25, 0.3) is 0 Å². The molecule has 0 bridgehead atoms. The van der Waals surface area contributed by atoms with E-state index in [1.165, 1.54) is 0 Å². The Morgan fingerprint density at radius 2 is 1.75 bits per heavy atom. The first-order valence-electron chi connectivity index (χ1n) is 7.74. The van der Waals surface area contributed by atoms with Crippen LogP contribution in [0.4, 0.5) is 18.9 Å². The van der Waals surface area contributed by atoms with E-state index in [4.69, 9.17) is 4.84 Å². The summed E-state index contributed by atoms with van der Waals surface area (Å²) >= 11 is 0. The van der Waals surface area contributed by atoms with Crippen LogP contribution in [0.2, 0.25) is 0 Å². The summed E-state index contributed by atoms with van der Waals surface area (Å²) < 4.78 is 48.0. The largest absolute Gasteiger partial charge is 0.467 e. The van der Waals surface area contributed by atoms with Crippen LogP contribution in [-0.4, -0.2) is 49.6 Å². The van der Waals surface area contributed by atoms with E-state index < -0.39 is 53.1 Å². The first-order chi connectivity index (χ1) is 13.1. The average molecular weight is 402 g/mol. The molecule has 12 heteroatoms. The third kappa shape index (κ3) is 2.64. The molecule has 0 radical (unpaired) electrons. The minimum atomic E-state index is -4.71. The summed E-state index contributed by atoms with van der Waals surface area (Å²) in [6.07, 6.45) is -6.35. The second kappa shape index (κ2) is 6.56. The lowest BCUT2D eigenvalue weighted by molar-refractivity contribution is -0.169. The van der Waals surface area contributed by atoms with Gasteiger partial charge in [0.25, 0.3) is 11.4 Å². The third-order valence-electron chi connectivity index (χ3n) is 4.51. The molecule has 1 aromatic rings. The van der Waals surface area contributed by atoms with Crippen molar-refractivity contribution in [3.63, 3.8) is 0 Å². The van der Waals surface area contributed by atoms with Gasteiger partial charge in [0.05, 0.1) is 25.5 Å². The highest BCUT2D eigenvalue weighted by Gasteiger charge is 2.72. The fourth-order valence-corrected chi connectivity index (χ4v) is 3.22. The number of nitrogens with one attached hydrogen (secondary N) is 1. The summed E-state index contributed by atoms with van der Waals surface area (Å²) in [6, 6.07) is 3.49. The fourth-order valence-electron chi connectivity index (χ4n) is 3.22. The number of anilines is 1.